The molecule has 2 aliphatic rings. The van der Waals surface area contributed by atoms with Crippen molar-refractivity contribution < 1.29 is 23.9 Å². The highest BCUT2D eigenvalue weighted by atomic mass is 16.5. The predicted octanol–water partition coefficient (Wildman–Crippen LogP) is 3.39. The van der Waals surface area contributed by atoms with Gasteiger partial charge in [0.1, 0.15) is 0 Å². The molecule has 0 atom stereocenters. The van der Waals surface area contributed by atoms with Crippen molar-refractivity contribution in [2.75, 3.05) is 27.3 Å². The lowest BCUT2D eigenvalue weighted by Gasteiger charge is -2.30. The topological polar surface area (TPSA) is 72.9 Å². The van der Waals surface area contributed by atoms with Crippen LogP contribution < -0.4 is 0 Å². The molecule has 0 bridgehead atoms. The molecule has 31 heavy (non-hydrogen) atoms. The Labute approximate surface area is 183 Å². The van der Waals surface area contributed by atoms with Gasteiger partial charge in [0.05, 0.1) is 14.2 Å². The molecule has 0 unspecified atom stereocenters. The van der Waals surface area contributed by atoms with Crippen LogP contribution in [-0.4, -0.2) is 49.7 Å². The number of hydrogen-bond donors (Lipinski definition) is 0. The summed E-state index contributed by atoms with van der Waals surface area (Å²) < 4.78 is 10.2. The predicted molar refractivity (Wildman–Crippen MR) is 117 cm³/mol. The van der Waals surface area contributed by atoms with Gasteiger partial charge in [-0.2, -0.15) is 0 Å². The highest BCUT2D eigenvalue weighted by molar-refractivity contribution is 6.23. The second kappa shape index (κ2) is 9.94. The van der Waals surface area contributed by atoms with Crippen LogP contribution in [0.15, 0.2) is 46.9 Å². The third-order valence-electron chi connectivity index (χ3n) is 6.26. The van der Waals surface area contributed by atoms with E-state index in [1.54, 1.807) is 6.92 Å². The molecule has 0 saturated carbocycles. The smallest absolute Gasteiger partial charge is 0.228 e. The van der Waals surface area contributed by atoms with Crippen LogP contribution in [0.2, 0.25) is 0 Å². The number of piperidine rings is 1. The van der Waals surface area contributed by atoms with Gasteiger partial charge in [-0.25, -0.2) is 0 Å². The number of hydrogen-bond acceptors (Lipinski definition) is 5. The first-order chi connectivity index (χ1) is 14.8. The maximum atomic E-state index is 12.8. The third-order valence-corrected chi connectivity index (χ3v) is 6.26. The summed E-state index contributed by atoms with van der Waals surface area (Å²) in [6.07, 6.45) is 3.71. The molecule has 6 heteroatoms. The lowest BCUT2D eigenvalue weighted by atomic mass is 9.88. The number of likely N-dealkylation sites (tertiary alicyclic amines) is 1. The van der Waals surface area contributed by atoms with Gasteiger partial charge in [-0.3, -0.25) is 14.4 Å². The fourth-order valence-electron chi connectivity index (χ4n) is 4.10. The summed E-state index contributed by atoms with van der Waals surface area (Å²) in [5, 5.41) is 0. The number of Topliss-reactive ketones (excluding diaryl/α,β-unsaturated/α-hetero) is 2. The lowest BCUT2D eigenvalue weighted by molar-refractivity contribution is -0.132. The lowest BCUT2D eigenvalue weighted by Crippen LogP contribution is -2.37. The van der Waals surface area contributed by atoms with Crippen LogP contribution in [0.5, 0.6) is 0 Å². The largest absolute Gasteiger partial charge is 0.489 e. The van der Waals surface area contributed by atoms with Gasteiger partial charge < -0.3 is 14.4 Å². The Balaban J connectivity index is 1.62. The summed E-state index contributed by atoms with van der Waals surface area (Å²) in [6.45, 7) is 5.61. The summed E-state index contributed by atoms with van der Waals surface area (Å²) in [5.41, 5.74) is 2.81. The minimum absolute atomic E-state index is 0.0445. The number of methoxy groups -OCH3 is 2. The number of nitrogens with zero attached hydrogens (tertiary/aromatic N) is 1. The number of rotatable bonds is 7. The Morgan fingerprint density at radius 1 is 0.968 bits per heavy atom. The van der Waals surface area contributed by atoms with Crippen LogP contribution in [-0.2, 0) is 36.7 Å². The molecule has 1 saturated heterocycles. The SMILES string of the molecule is COC1=C(OC)C(=O)C(Cc2ccc(CCC(=O)N3CCC(C)CC3)cc2)=C(C)C1=O. The van der Waals surface area contributed by atoms with Crippen molar-refractivity contribution >= 4 is 17.5 Å². The minimum Gasteiger partial charge on any atom is -0.489 e. The average molecular weight is 426 g/mol. The molecule has 1 amide bonds. The van der Waals surface area contributed by atoms with E-state index >= 15 is 0 Å². The van der Waals surface area contributed by atoms with Crippen LogP contribution in [0.4, 0.5) is 0 Å². The second-order valence-electron chi connectivity index (χ2n) is 8.38. The van der Waals surface area contributed by atoms with Crippen molar-refractivity contribution in [2.45, 2.75) is 46.0 Å². The number of carbonyl (C=O) groups excluding carboxylic acids is 3. The molecule has 1 aromatic carbocycles. The number of carbonyl (C=O) groups is 3. The molecule has 166 valence electrons. The van der Waals surface area contributed by atoms with E-state index < -0.39 is 0 Å². The normalized spacial score (nSPS) is 18.0. The number of amides is 1. The van der Waals surface area contributed by atoms with Gasteiger partial charge in [0.25, 0.3) is 0 Å². The summed E-state index contributed by atoms with van der Waals surface area (Å²) in [6, 6.07) is 7.87. The summed E-state index contributed by atoms with van der Waals surface area (Å²) in [4.78, 5) is 39.7. The van der Waals surface area contributed by atoms with Gasteiger partial charge in [0.2, 0.25) is 29.0 Å². The van der Waals surface area contributed by atoms with E-state index in [0.29, 0.717) is 36.3 Å². The van der Waals surface area contributed by atoms with E-state index in [0.717, 1.165) is 37.1 Å². The first-order valence-corrected chi connectivity index (χ1v) is 10.8. The quantitative estimate of drug-likeness (QED) is 0.626. The number of ketones is 2. The van der Waals surface area contributed by atoms with Crippen LogP contribution >= 0.6 is 0 Å². The maximum Gasteiger partial charge on any atom is 0.228 e. The van der Waals surface area contributed by atoms with Crippen molar-refractivity contribution in [1.29, 1.82) is 0 Å². The van der Waals surface area contributed by atoms with Gasteiger partial charge in [-0.05, 0) is 43.2 Å². The average Bonchev–Trinajstić information content (AvgIpc) is 2.78. The van der Waals surface area contributed by atoms with Crippen molar-refractivity contribution in [3.8, 4) is 0 Å². The summed E-state index contributed by atoms with van der Waals surface area (Å²) in [5.74, 6) is 0.194. The molecular formula is C25H31NO5. The van der Waals surface area contributed by atoms with E-state index in [1.165, 1.54) is 14.2 Å². The van der Waals surface area contributed by atoms with Gasteiger partial charge in [-0.1, -0.05) is 31.2 Å². The van der Waals surface area contributed by atoms with E-state index in [-0.39, 0.29) is 29.0 Å². The molecule has 1 fully saturated rings. The van der Waals surface area contributed by atoms with Crippen LogP contribution in [0, 0.1) is 5.92 Å². The van der Waals surface area contributed by atoms with E-state index in [2.05, 4.69) is 6.92 Å². The zero-order valence-corrected chi connectivity index (χ0v) is 18.8. The van der Waals surface area contributed by atoms with Crippen LogP contribution in [0.1, 0.15) is 44.2 Å². The Morgan fingerprint density at radius 2 is 1.52 bits per heavy atom. The van der Waals surface area contributed by atoms with E-state index in [1.807, 2.05) is 29.2 Å². The van der Waals surface area contributed by atoms with Gasteiger partial charge in [0.15, 0.2) is 0 Å². The molecule has 0 aromatic heterocycles. The Morgan fingerprint density at radius 3 is 2.10 bits per heavy atom. The highest BCUT2D eigenvalue weighted by Gasteiger charge is 2.34. The molecule has 0 N–H and O–H groups in total. The molecule has 0 spiro atoms. The maximum absolute atomic E-state index is 12.8. The van der Waals surface area contributed by atoms with Crippen LogP contribution in [0.25, 0.3) is 0 Å². The first-order valence-electron chi connectivity index (χ1n) is 10.8. The third kappa shape index (κ3) is 5.06. The molecule has 1 aromatic rings. The molecule has 3 rings (SSSR count). The molecule has 1 aliphatic carbocycles. The number of allylic oxidation sites excluding steroid dienone is 2. The molecular weight excluding hydrogens is 394 g/mol. The minimum atomic E-state index is -0.323. The van der Waals surface area contributed by atoms with E-state index in [4.69, 9.17) is 9.47 Å². The van der Waals surface area contributed by atoms with Crippen molar-refractivity contribution in [3.05, 3.63) is 58.1 Å². The zero-order valence-electron chi connectivity index (χ0n) is 18.8. The van der Waals surface area contributed by atoms with Crippen molar-refractivity contribution in [2.24, 2.45) is 5.92 Å². The Bertz CT molecular complexity index is 918. The zero-order chi connectivity index (χ0) is 22.5. The molecule has 0 radical (unpaired) electrons. The number of ether oxygens (including phenoxy) is 2. The molecule has 1 aliphatic heterocycles. The van der Waals surface area contributed by atoms with E-state index in [9.17, 15) is 14.4 Å². The first kappa shape index (κ1) is 22.8. The standard InChI is InChI=1S/C25H31NO5/c1-16-11-13-26(14-12-16)21(27)10-9-18-5-7-19(8-6-18)15-20-17(2)22(28)24(30-3)25(31-4)23(20)29/h5-8,16H,9-15H2,1-4H3. The fourth-order valence-corrected chi connectivity index (χ4v) is 4.10. The molecule has 6 nitrogen and oxygen atoms in total. The fraction of sp³-hybridized carbons (Fsp3) is 0.480. The molecule has 1 heterocycles. The highest BCUT2D eigenvalue weighted by Crippen LogP contribution is 2.28. The van der Waals surface area contributed by atoms with Crippen molar-refractivity contribution in [3.63, 3.8) is 0 Å². The van der Waals surface area contributed by atoms with Crippen LogP contribution in [0.3, 0.4) is 0 Å². The van der Waals surface area contributed by atoms with Gasteiger partial charge >= 0.3 is 0 Å². The Kier molecular flexibility index (Phi) is 7.31. The second-order valence-corrected chi connectivity index (χ2v) is 8.38. The monoisotopic (exact) mass is 425 g/mol. The Hall–Kier alpha value is -2.89. The van der Waals surface area contributed by atoms with Gasteiger partial charge in [-0.15, -0.1) is 0 Å². The number of benzene rings is 1. The number of aryl methyl sites for hydroxylation is 1. The van der Waals surface area contributed by atoms with Gasteiger partial charge in [0, 0.05) is 37.1 Å². The van der Waals surface area contributed by atoms with Crippen molar-refractivity contribution in [1.82, 2.24) is 4.90 Å². The summed E-state index contributed by atoms with van der Waals surface area (Å²) >= 11 is 0. The summed E-state index contributed by atoms with van der Waals surface area (Å²) in [7, 11) is 2.71.